The molecule has 0 unspecified atom stereocenters. The van der Waals surface area contributed by atoms with E-state index in [9.17, 15) is 9.18 Å². The summed E-state index contributed by atoms with van der Waals surface area (Å²) in [5, 5.41) is 0.376. The van der Waals surface area contributed by atoms with Gasteiger partial charge in [0.2, 0.25) is 0 Å². The van der Waals surface area contributed by atoms with E-state index in [2.05, 4.69) is 9.97 Å². The lowest BCUT2D eigenvalue weighted by Gasteiger charge is -2.03. The number of para-hydroxylation sites is 1. The van der Waals surface area contributed by atoms with Gasteiger partial charge in [-0.1, -0.05) is 36.4 Å². The fourth-order valence-electron chi connectivity index (χ4n) is 2.74. The highest BCUT2D eigenvalue weighted by Crippen LogP contribution is 2.30. The van der Waals surface area contributed by atoms with Crippen molar-refractivity contribution in [2.24, 2.45) is 0 Å². The number of aromatic amines is 1. The van der Waals surface area contributed by atoms with Gasteiger partial charge in [0.1, 0.15) is 5.82 Å². The Bertz CT molecular complexity index is 1050. The molecule has 0 aliphatic carbocycles. The van der Waals surface area contributed by atoms with Crippen LogP contribution in [0.25, 0.3) is 27.8 Å². The lowest BCUT2D eigenvalue weighted by molar-refractivity contribution is 0.631. The topological polar surface area (TPSA) is 50.7 Å². The monoisotopic (exact) mass is 305 g/mol. The molecule has 0 radical (unpaired) electrons. The summed E-state index contributed by atoms with van der Waals surface area (Å²) >= 11 is 0. The highest BCUT2D eigenvalue weighted by Gasteiger charge is 2.17. The second-order valence-electron chi connectivity index (χ2n) is 5.16. The summed E-state index contributed by atoms with van der Waals surface area (Å²) in [6, 6.07) is 15.9. The molecule has 0 amide bonds. The number of benzene rings is 2. The summed E-state index contributed by atoms with van der Waals surface area (Å²) in [6.45, 7) is 0. The molecule has 0 atom stereocenters. The standard InChI is InChI=1S/C18H12FN3O/c19-15-9-5-4-8-13(15)14-10-22(12-6-2-1-3-7-12)17-16(14)18(23)21-11-20-17/h1-11H,(H,20,21,23). The second-order valence-corrected chi connectivity index (χ2v) is 5.16. The third-order valence-electron chi connectivity index (χ3n) is 3.79. The summed E-state index contributed by atoms with van der Waals surface area (Å²) in [5.41, 5.74) is 1.97. The molecule has 0 aliphatic rings. The Kier molecular flexibility index (Phi) is 3.05. The molecule has 2 aromatic heterocycles. The predicted octanol–water partition coefficient (Wildman–Crippen LogP) is 3.52. The second kappa shape index (κ2) is 5.21. The zero-order chi connectivity index (χ0) is 15.8. The number of H-pyrrole nitrogens is 1. The Morgan fingerprint density at radius 3 is 2.48 bits per heavy atom. The maximum atomic E-state index is 14.2. The van der Waals surface area contributed by atoms with Crippen LogP contribution in [-0.4, -0.2) is 14.5 Å². The van der Waals surface area contributed by atoms with Gasteiger partial charge in [-0.3, -0.25) is 4.79 Å². The first-order valence-electron chi connectivity index (χ1n) is 7.15. The molecule has 2 heterocycles. The van der Waals surface area contributed by atoms with Crippen LogP contribution < -0.4 is 5.56 Å². The third kappa shape index (κ3) is 2.14. The summed E-state index contributed by atoms with van der Waals surface area (Å²) in [5.74, 6) is -0.372. The minimum absolute atomic E-state index is 0.289. The highest BCUT2D eigenvalue weighted by atomic mass is 19.1. The lowest BCUT2D eigenvalue weighted by Crippen LogP contribution is -2.07. The summed E-state index contributed by atoms with van der Waals surface area (Å²) in [6.07, 6.45) is 3.11. The maximum Gasteiger partial charge on any atom is 0.260 e. The van der Waals surface area contributed by atoms with Crippen molar-refractivity contribution in [3.8, 4) is 16.8 Å². The van der Waals surface area contributed by atoms with Gasteiger partial charge in [0.25, 0.3) is 5.56 Å². The number of aromatic nitrogens is 3. The van der Waals surface area contributed by atoms with Crippen LogP contribution in [0.4, 0.5) is 4.39 Å². The molecule has 23 heavy (non-hydrogen) atoms. The molecule has 1 N–H and O–H groups in total. The molecule has 4 aromatic rings. The van der Waals surface area contributed by atoms with Crippen molar-refractivity contribution in [2.45, 2.75) is 0 Å². The Morgan fingerprint density at radius 1 is 0.957 bits per heavy atom. The van der Waals surface area contributed by atoms with Gasteiger partial charge in [-0.25, -0.2) is 9.37 Å². The Hall–Kier alpha value is -3.21. The quantitative estimate of drug-likeness (QED) is 0.616. The summed E-state index contributed by atoms with van der Waals surface area (Å²) in [7, 11) is 0. The lowest BCUT2D eigenvalue weighted by atomic mass is 10.1. The predicted molar refractivity (Wildman–Crippen MR) is 87.1 cm³/mol. The van der Waals surface area contributed by atoms with Gasteiger partial charge in [-0.05, 0) is 18.2 Å². The minimum Gasteiger partial charge on any atom is -0.312 e. The van der Waals surface area contributed by atoms with Crippen molar-refractivity contribution in [3.63, 3.8) is 0 Å². The van der Waals surface area contributed by atoms with E-state index in [1.807, 2.05) is 30.3 Å². The van der Waals surface area contributed by atoms with E-state index in [4.69, 9.17) is 0 Å². The smallest absolute Gasteiger partial charge is 0.260 e. The van der Waals surface area contributed by atoms with Gasteiger partial charge >= 0.3 is 0 Å². The number of nitrogens with zero attached hydrogens (tertiary/aromatic N) is 2. The van der Waals surface area contributed by atoms with E-state index in [0.717, 1.165) is 5.69 Å². The average molecular weight is 305 g/mol. The molecule has 0 fully saturated rings. The Labute approximate surface area is 130 Å². The van der Waals surface area contributed by atoms with Crippen LogP contribution in [0.15, 0.2) is 71.9 Å². The van der Waals surface area contributed by atoms with Crippen LogP contribution >= 0.6 is 0 Å². The van der Waals surface area contributed by atoms with Crippen molar-refractivity contribution in [3.05, 3.63) is 83.3 Å². The van der Waals surface area contributed by atoms with Gasteiger partial charge in [0, 0.05) is 23.0 Å². The molecule has 4 rings (SSSR count). The van der Waals surface area contributed by atoms with E-state index in [-0.39, 0.29) is 11.4 Å². The van der Waals surface area contributed by atoms with E-state index < -0.39 is 0 Å². The van der Waals surface area contributed by atoms with Crippen LogP contribution in [0.1, 0.15) is 0 Å². The van der Waals surface area contributed by atoms with Crippen molar-refractivity contribution in [1.82, 2.24) is 14.5 Å². The normalized spacial score (nSPS) is 11.0. The number of fused-ring (bicyclic) bond motifs is 1. The first-order valence-corrected chi connectivity index (χ1v) is 7.15. The van der Waals surface area contributed by atoms with Gasteiger partial charge in [-0.2, -0.15) is 0 Å². The number of hydrogen-bond acceptors (Lipinski definition) is 2. The minimum atomic E-state index is -0.372. The SMILES string of the molecule is O=c1[nH]cnc2c1c(-c1ccccc1F)cn2-c1ccccc1. The number of halogens is 1. The third-order valence-corrected chi connectivity index (χ3v) is 3.79. The van der Waals surface area contributed by atoms with Crippen LogP contribution in [0.3, 0.4) is 0 Å². The Balaban J connectivity index is 2.11. The molecule has 0 bridgehead atoms. The fraction of sp³-hybridized carbons (Fsp3) is 0. The zero-order valence-corrected chi connectivity index (χ0v) is 12.0. The molecular weight excluding hydrogens is 293 g/mol. The maximum absolute atomic E-state index is 14.2. The zero-order valence-electron chi connectivity index (χ0n) is 12.0. The molecule has 5 heteroatoms. The molecule has 4 nitrogen and oxygen atoms in total. The van der Waals surface area contributed by atoms with Gasteiger partial charge in [0.15, 0.2) is 5.65 Å². The van der Waals surface area contributed by atoms with E-state index in [1.165, 1.54) is 12.4 Å². The van der Waals surface area contributed by atoms with Crippen LogP contribution in [0, 0.1) is 5.82 Å². The van der Waals surface area contributed by atoms with E-state index >= 15 is 0 Å². The van der Waals surface area contributed by atoms with Crippen LogP contribution in [-0.2, 0) is 0 Å². The van der Waals surface area contributed by atoms with Crippen molar-refractivity contribution >= 4 is 11.0 Å². The molecule has 112 valence electrons. The van der Waals surface area contributed by atoms with Crippen molar-refractivity contribution in [2.75, 3.05) is 0 Å². The van der Waals surface area contributed by atoms with E-state index in [1.54, 1.807) is 29.0 Å². The average Bonchev–Trinajstić information content (AvgIpc) is 2.97. The van der Waals surface area contributed by atoms with Crippen molar-refractivity contribution in [1.29, 1.82) is 0 Å². The first kappa shape index (κ1) is 13.5. The summed E-state index contributed by atoms with van der Waals surface area (Å²) < 4.78 is 16.0. The molecule has 2 aromatic carbocycles. The molecule has 0 saturated carbocycles. The fourth-order valence-corrected chi connectivity index (χ4v) is 2.74. The molecule has 0 spiro atoms. The largest absolute Gasteiger partial charge is 0.312 e. The molecule has 0 saturated heterocycles. The molecular formula is C18H12FN3O. The van der Waals surface area contributed by atoms with Gasteiger partial charge in [-0.15, -0.1) is 0 Å². The highest BCUT2D eigenvalue weighted by molar-refractivity contribution is 5.94. The van der Waals surface area contributed by atoms with E-state index in [0.29, 0.717) is 22.2 Å². The summed E-state index contributed by atoms with van der Waals surface area (Å²) in [4.78, 5) is 19.1. The Morgan fingerprint density at radius 2 is 1.70 bits per heavy atom. The number of hydrogen-bond donors (Lipinski definition) is 1. The van der Waals surface area contributed by atoms with Gasteiger partial charge < -0.3 is 9.55 Å². The first-order chi connectivity index (χ1) is 11.3. The molecule has 0 aliphatic heterocycles. The number of rotatable bonds is 2. The van der Waals surface area contributed by atoms with Gasteiger partial charge in [0.05, 0.1) is 11.7 Å². The van der Waals surface area contributed by atoms with Crippen LogP contribution in [0.5, 0.6) is 0 Å². The number of nitrogens with one attached hydrogen (secondary N) is 1. The van der Waals surface area contributed by atoms with Crippen molar-refractivity contribution < 1.29 is 4.39 Å². The van der Waals surface area contributed by atoms with Crippen LogP contribution in [0.2, 0.25) is 0 Å².